The maximum absolute atomic E-state index is 11.2. The average molecular weight is 387 g/mol. The third kappa shape index (κ3) is 3.68. The van der Waals surface area contributed by atoms with E-state index in [4.69, 9.17) is 5.11 Å². The number of hydrogen-bond acceptors (Lipinski definition) is 4. The molecular formula is C22H17N3O2S. The molecule has 0 atom stereocenters. The van der Waals surface area contributed by atoms with E-state index in [0.717, 1.165) is 16.8 Å². The summed E-state index contributed by atoms with van der Waals surface area (Å²) in [5, 5.41) is 17.5. The molecule has 3 aromatic carbocycles. The van der Waals surface area contributed by atoms with Gasteiger partial charge >= 0.3 is 5.97 Å². The van der Waals surface area contributed by atoms with Crippen molar-refractivity contribution >= 4 is 17.7 Å². The largest absolute Gasteiger partial charge is 0.478 e. The molecule has 5 nitrogen and oxygen atoms in total. The summed E-state index contributed by atoms with van der Waals surface area (Å²) >= 11 is 1.72. The molecule has 6 heteroatoms. The van der Waals surface area contributed by atoms with Crippen LogP contribution in [0.2, 0.25) is 0 Å². The van der Waals surface area contributed by atoms with Crippen molar-refractivity contribution in [1.29, 1.82) is 0 Å². The fourth-order valence-electron chi connectivity index (χ4n) is 2.94. The van der Waals surface area contributed by atoms with Gasteiger partial charge in [-0.25, -0.2) is 9.48 Å². The summed E-state index contributed by atoms with van der Waals surface area (Å²) in [4.78, 5) is 12.4. The molecule has 0 aliphatic carbocycles. The van der Waals surface area contributed by atoms with Crippen LogP contribution >= 0.6 is 11.8 Å². The highest BCUT2D eigenvalue weighted by molar-refractivity contribution is 7.98. The summed E-state index contributed by atoms with van der Waals surface area (Å²) in [6, 6.07) is 23.2. The van der Waals surface area contributed by atoms with Gasteiger partial charge in [0.05, 0.1) is 17.4 Å². The number of carbonyl (C=O) groups is 1. The van der Waals surface area contributed by atoms with Crippen molar-refractivity contribution in [3.63, 3.8) is 0 Å². The molecule has 1 aromatic heterocycles. The summed E-state index contributed by atoms with van der Waals surface area (Å²) in [5.74, 6) is -0.963. The number of rotatable bonds is 5. The molecule has 1 heterocycles. The predicted octanol–water partition coefficient (Wildman–Crippen LogP) is 5.02. The van der Waals surface area contributed by atoms with Crippen LogP contribution in [0.25, 0.3) is 28.1 Å². The smallest absolute Gasteiger partial charge is 0.335 e. The van der Waals surface area contributed by atoms with E-state index in [1.165, 1.54) is 10.5 Å². The molecule has 0 aliphatic heterocycles. The lowest BCUT2D eigenvalue weighted by atomic mass is 10.1. The van der Waals surface area contributed by atoms with Crippen molar-refractivity contribution in [3.8, 4) is 28.1 Å². The fourth-order valence-corrected chi connectivity index (χ4v) is 3.40. The Balaban J connectivity index is 1.60. The highest BCUT2D eigenvalue weighted by atomic mass is 32.2. The van der Waals surface area contributed by atoms with Gasteiger partial charge in [-0.05, 0) is 53.8 Å². The van der Waals surface area contributed by atoms with Gasteiger partial charge in [0.1, 0.15) is 5.69 Å². The van der Waals surface area contributed by atoms with Crippen LogP contribution in [-0.4, -0.2) is 32.3 Å². The number of benzene rings is 3. The van der Waals surface area contributed by atoms with Crippen molar-refractivity contribution in [2.45, 2.75) is 4.90 Å². The molecule has 4 aromatic rings. The summed E-state index contributed by atoms with van der Waals surface area (Å²) in [7, 11) is 0. The molecule has 0 saturated heterocycles. The van der Waals surface area contributed by atoms with Crippen LogP contribution < -0.4 is 0 Å². The third-order valence-corrected chi connectivity index (χ3v) is 5.16. The topological polar surface area (TPSA) is 68.0 Å². The van der Waals surface area contributed by atoms with Gasteiger partial charge in [0.2, 0.25) is 0 Å². The van der Waals surface area contributed by atoms with E-state index < -0.39 is 5.97 Å². The Labute approximate surface area is 166 Å². The summed E-state index contributed by atoms with van der Waals surface area (Å²) in [6.45, 7) is 0. The molecule has 0 spiro atoms. The Hall–Kier alpha value is -3.38. The molecule has 0 radical (unpaired) electrons. The summed E-state index contributed by atoms with van der Waals surface area (Å²) < 4.78 is 1.69. The molecule has 4 rings (SSSR count). The van der Waals surface area contributed by atoms with Gasteiger partial charge in [0, 0.05) is 10.5 Å². The normalized spacial score (nSPS) is 10.8. The van der Waals surface area contributed by atoms with E-state index in [2.05, 4.69) is 53.0 Å². The molecule has 0 bridgehead atoms. The Morgan fingerprint density at radius 3 is 2.43 bits per heavy atom. The third-order valence-electron chi connectivity index (χ3n) is 4.43. The average Bonchev–Trinajstić information content (AvgIpc) is 3.24. The molecule has 0 saturated carbocycles. The number of aromatic carboxylic acids is 1. The zero-order chi connectivity index (χ0) is 19.5. The Kier molecular flexibility index (Phi) is 4.95. The number of carboxylic acids is 1. The van der Waals surface area contributed by atoms with E-state index in [1.807, 2.05) is 18.2 Å². The molecule has 0 amide bonds. The van der Waals surface area contributed by atoms with Gasteiger partial charge in [0.15, 0.2) is 0 Å². The van der Waals surface area contributed by atoms with Crippen molar-refractivity contribution in [1.82, 2.24) is 15.0 Å². The lowest BCUT2D eigenvalue weighted by molar-refractivity contribution is 0.0697. The zero-order valence-corrected chi connectivity index (χ0v) is 15.9. The van der Waals surface area contributed by atoms with Crippen LogP contribution in [-0.2, 0) is 0 Å². The van der Waals surface area contributed by atoms with Crippen molar-refractivity contribution in [2.24, 2.45) is 0 Å². The molecule has 28 heavy (non-hydrogen) atoms. The van der Waals surface area contributed by atoms with Crippen LogP contribution in [0.4, 0.5) is 0 Å². The molecule has 138 valence electrons. The number of aromatic nitrogens is 3. The minimum absolute atomic E-state index is 0.226. The monoisotopic (exact) mass is 387 g/mol. The maximum atomic E-state index is 11.2. The first kappa shape index (κ1) is 18.0. The Bertz CT molecular complexity index is 1140. The molecule has 1 N–H and O–H groups in total. The molecule has 0 unspecified atom stereocenters. The van der Waals surface area contributed by atoms with Gasteiger partial charge in [0.25, 0.3) is 0 Å². The Morgan fingerprint density at radius 2 is 1.68 bits per heavy atom. The van der Waals surface area contributed by atoms with Crippen LogP contribution in [0.3, 0.4) is 0 Å². The lowest BCUT2D eigenvalue weighted by Gasteiger charge is -2.05. The van der Waals surface area contributed by atoms with E-state index in [0.29, 0.717) is 5.69 Å². The van der Waals surface area contributed by atoms with E-state index >= 15 is 0 Å². The quantitative estimate of drug-likeness (QED) is 0.487. The second kappa shape index (κ2) is 7.70. The first-order chi connectivity index (χ1) is 13.6. The van der Waals surface area contributed by atoms with Gasteiger partial charge in [-0.15, -0.1) is 16.9 Å². The zero-order valence-electron chi connectivity index (χ0n) is 15.1. The van der Waals surface area contributed by atoms with E-state index in [1.54, 1.807) is 40.8 Å². The van der Waals surface area contributed by atoms with Crippen molar-refractivity contribution in [2.75, 3.05) is 6.26 Å². The highest BCUT2D eigenvalue weighted by Crippen LogP contribution is 2.26. The first-order valence-electron chi connectivity index (χ1n) is 8.65. The second-order valence-corrected chi connectivity index (χ2v) is 7.09. The van der Waals surface area contributed by atoms with Gasteiger partial charge in [-0.3, -0.25) is 0 Å². The summed E-state index contributed by atoms with van der Waals surface area (Å²) in [6.07, 6.45) is 3.86. The lowest BCUT2D eigenvalue weighted by Crippen LogP contribution is -1.95. The molecular weight excluding hydrogens is 370 g/mol. The highest BCUT2D eigenvalue weighted by Gasteiger charge is 2.09. The number of nitrogens with zero attached hydrogens (tertiary/aromatic N) is 3. The van der Waals surface area contributed by atoms with Crippen LogP contribution in [0.1, 0.15) is 10.4 Å². The van der Waals surface area contributed by atoms with Gasteiger partial charge < -0.3 is 5.11 Å². The van der Waals surface area contributed by atoms with Crippen molar-refractivity contribution < 1.29 is 9.90 Å². The predicted molar refractivity (Wildman–Crippen MR) is 111 cm³/mol. The minimum Gasteiger partial charge on any atom is -0.478 e. The van der Waals surface area contributed by atoms with E-state index in [9.17, 15) is 4.79 Å². The second-order valence-electron chi connectivity index (χ2n) is 6.21. The van der Waals surface area contributed by atoms with E-state index in [-0.39, 0.29) is 5.56 Å². The number of carboxylic acid groups (broad SMARTS) is 1. The minimum atomic E-state index is -0.963. The van der Waals surface area contributed by atoms with Crippen LogP contribution in [0.5, 0.6) is 0 Å². The maximum Gasteiger partial charge on any atom is 0.335 e. The van der Waals surface area contributed by atoms with Gasteiger partial charge in [-0.1, -0.05) is 41.6 Å². The standard InChI is InChI=1S/C22H17N3O2S/c1-28-20-7-3-4-16(13-20)15-8-10-19(11-9-15)25-14-21(23-24-25)17-5-2-6-18(12-17)22(26)27/h2-14H,1H3,(H,26,27). The number of thioether (sulfide) groups is 1. The SMILES string of the molecule is CSc1cccc(-c2ccc(-n3cc(-c4cccc(C(=O)O)c4)nn3)cc2)c1. The van der Waals surface area contributed by atoms with Gasteiger partial charge in [-0.2, -0.15) is 0 Å². The van der Waals surface area contributed by atoms with Crippen LogP contribution in [0, 0.1) is 0 Å². The summed E-state index contributed by atoms with van der Waals surface area (Å²) in [5.41, 5.74) is 4.76. The van der Waals surface area contributed by atoms with Crippen molar-refractivity contribution in [3.05, 3.63) is 84.6 Å². The molecule has 0 aliphatic rings. The molecule has 0 fully saturated rings. The first-order valence-corrected chi connectivity index (χ1v) is 9.87. The fraction of sp³-hybridized carbons (Fsp3) is 0.0455. The van der Waals surface area contributed by atoms with Crippen LogP contribution in [0.15, 0.2) is 83.9 Å². The Morgan fingerprint density at radius 1 is 0.929 bits per heavy atom. The number of hydrogen-bond donors (Lipinski definition) is 1.